The SMILES string of the molecule is CCNC(=O)C(C)N(Cc1ccc(F)cc1)C(=O)COc1cc(C)ccc1C. The predicted molar refractivity (Wildman–Crippen MR) is 107 cm³/mol. The Kier molecular flexibility index (Phi) is 7.55. The van der Waals surface area contributed by atoms with Gasteiger partial charge in [-0.2, -0.15) is 0 Å². The van der Waals surface area contributed by atoms with E-state index >= 15 is 0 Å². The van der Waals surface area contributed by atoms with E-state index in [-0.39, 0.29) is 30.8 Å². The molecule has 2 amide bonds. The van der Waals surface area contributed by atoms with Crippen LogP contribution in [0.4, 0.5) is 4.39 Å². The van der Waals surface area contributed by atoms with Crippen molar-refractivity contribution in [2.75, 3.05) is 13.2 Å². The fourth-order valence-corrected chi connectivity index (χ4v) is 2.78. The Morgan fingerprint density at radius 3 is 2.46 bits per heavy atom. The highest BCUT2D eigenvalue weighted by Gasteiger charge is 2.26. The number of likely N-dealkylation sites (N-methyl/N-ethyl adjacent to an activating group) is 1. The molecule has 1 N–H and O–H groups in total. The molecule has 28 heavy (non-hydrogen) atoms. The van der Waals surface area contributed by atoms with Crippen molar-refractivity contribution >= 4 is 11.8 Å². The molecule has 6 heteroatoms. The molecule has 0 fully saturated rings. The maximum Gasteiger partial charge on any atom is 0.261 e. The summed E-state index contributed by atoms with van der Waals surface area (Å²) in [5, 5.41) is 2.73. The fraction of sp³-hybridized carbons (Fsp3) is 0.364. The van der Waals surface area contributed by atoms with Crippen molar-refractivity contribution in [2.45, 2.75) is 40.3 Å². The minimum Gasteiger partial charge on any atom is -0.483 e. The van der Waals surface area contributed by atoms with E-state index in [1.165, 1.54) is 17.0 Å². The number of rotatable bonds is 8. The van der Waals surface area contributed by atoms with Gasteiger partial charge in [-0.3, -0.25) is 9.59 Å². The molecule has 1 unspecified atom stereocenters. The van der Waals surface area contributed by atoms with E-state index in [0.29, 0.717) is 12.3 Å². The summed E-state index contributed by atoms with van der Waals surface area (Å²) in [7, 11) is 0. The van der Waals surface area contributed by atoms with Gasteiger partial charge in [-0.1, -0.05) is 24.3 Å². The number of aryl methyl sites for hydroxylation is 2. The molecule has 2 aromatic carbocycles. The van der Waals surface area contributed by atoms with Crippen LogP contribution in [0.15, 0.2) is 42.5 Å². The van der Waals surface area contributed by atoms with Crippen molar-refractivity contribution in [3.63, 3.8) is 0 Å². The smallest absolute Gasteiger partial charge is 0.261 e. The third kappa shape index (κ3) is 5.81. The van der Waals surface area contributed by atoms with E-state index in [9.17, 15) is 14.0 Å². The van der Waals surface area contributed by atoms with Crippen molar-refractivity contribution in [1.29, 1.82) is 0 Å². The largest absolute Gasteiger partial charge is 0.483 e. The van der Waals surface area contributed by atoms with Crippen LogP contribution in [0.2, 0.25) is 0 Å². The van der Waals surface area contributed by atoms with Gasteiger partial charge in [0.15, 0.2) is 6.61 Å². The van der Waals surface area contributed by atoms with Gasteiger partial charge in [0.2, 0.25) is 5.91 Å². The number of amides is 2. The van der Waals surface area contributed by atoms with Crippen LogP contribution in [0.3, 0.4) is 0 Å². The zero-order valence-corrected chi connectivity index (χ0v) is 16.8. The molecule has 150 valence electrons. The summed E-state index contributed by atoms with van der Waals surface area (Å²) < 4.78 is 18.9. The van der Waals surface area contributed by atoms with Gasteiger partial charge in [-0.25, -0.2) is 4.39 Å². The highest BCUT2D eigenvalue weighted by atomic mass is 19.1. The second-order valence-corrected chi connectivity index (χ2v) is 6.78. The quantitative estimate of drug-likeness (QED) is 0.757. The normalized spacial score (nSPS) is 11.6. The standard InChI is InChI=1S/C22H27FN2O3/c1-5-24-22(27)17(4)25(13-18-8-10-19(23)11-9-18)21(26)14-28-20-12-15(2)6-7-16(20)3/h6-12,17H,5,13-14H2,1-4H3,(H,24,27). The number of nitrogens with one attached hydrogen (secondary N) is 1. The number of hydrogen-bond donors (Lipinski definition) is 1. The predicted octanol–water partition coefficient (Wildman–Crippen LogP) is 3.37. The third-order valence-electron chi connectivity index (χ3n) is 4.48. The Bertz CT molecular complexity index is 821. The Morgan fingerprint density at radius 1 is 1.14 bits per heavy atom. The molecule has 2 aromatic rings. The number of carbonyl (C=O) groups excluding carboxylic acids is 2. The minimum absolute atomic E-state index is 0.185. The molecule has 0 saturated carbocycles. The molecule has 0 spiro atoms. The molecular weight excluding hydrogens is 359 g/mol. The maximum atomic E-state index is 13.2. The summed E-state index contributed by atoms with van der Waals surface area (Å²) in [6.07, 6.45) is 0. The van der Waals surface area contributed by atoms with Crippen molar-refractivity contribution in [2.24, 2.45) is 0 Å². The van der Waals surface area contributed by atoms with Gasteiger partial charge in [0.25, 0.3) is 5.91 Å². The van der Waals surface area contributed by atoms with E-state index in [1.54, 1.807) is 19.1 Å². The molecule has 0 aliphatic carbocycles. The number of carbonyl (C=O) groups is 2. The monoisotopic (exact) mass is 386 g/mol. The molecule has 0 aromatic heterocycles. The van der Waals surface area contributed by atoms with E-state index in [0.717, 1.165) is 16.7 Å². The van der Waals surface area contributed by atoms with Gasteiger partial charge in [0.1, 0.15) is 17.6 Å². The van der Waals surface area contributed by atoms with Crippen molar-refractivity contribution in [3.8, 4) is 5.75 Å². The topological polar surface area (TPSA) is 58.6 Å². The van der Waals surface area contributed by atoms with E-state index in [1.807, 2.05) is 39.0 Å². The molecule has 2 rings (SSSR count). The van der Waals surface area contributed by atoms with Crippen LogP contribution in [-0.2, 0) is 16.1 Å². The van der Waals surface area contributed by atoms with Gasteiger partial charge in [0.05, 0.1) is 0 Å². The van der Waals surface area contributed by atoms with Crippen molar-refractivity contribution < 1.29 is 18.7 Å². The molecule has 1 atom stereocenters. The average Bonchev–Trinajstić information content (AvgIpc) is 2.67. The molecular formula is C22H27FN2O3. The maximum absolute atomic E-state index is 13.2. The van der Waals surface area contributed by atoms with Crippen LogP contribution < -0.4 is 10.1 Å². The Hall–Kier alpha value is -2.89. The van der Waals surface area contributed by atoms with Gasteiger partial charge in [0, 0.05) is 13.1 Å². The summed E-state index contributed by atoms with van der Waals surface area (Å²) in [4.78, 5) is 26.6. The number of hydrogen-bond acceptors (Lipinski definition) is 3. The first-order valence-electron chi connectivity index (χ1n) is 9.33. The van der Waals surface area contributed by atoms with Crippen LogP contribution in [-0.4, -0.2) is 35.9 Å². The van der Waals surface area contributed by atoms with Gasteiger partial charge in [-0.05, 0) is 62.6 Å². The molecule has 5 nitrogen and oxygen atoms in total. The first-order valence-corrected chi connectivity index (χ1v) is 9.33. The van der Waals surface area contributed by atoms with E-state index < -0.39 is 6.04 Å². The first kappa shape index (κ1) is 21.4. The van der Waals surface area contributed by atoms with Crippen LogP contribution in [0.5, 0.6) is 5.75 Å². The molecule has 0 radical (unpaired) electrons. The van der Waals surface area contributed by atoms with Crippen molar-refractivity contribution in [3.05, 3.63) is 65.0 Å². The molecule has 0 bridgehead atoms. The second-order valence-electron chi connectivity index (χ2n) is 6.78. The van der Waals surface area contributed by atoms with Crippen LogP contribution in [0.25, 0.3) is 0 Å². The number of ether oxygens (including phenoxy) is 1. The molecule has 0 aliphatic heterocycles. The van der Waals surface area contributed by atoms with Gasteiger partial charge in [-0.15, -0.1) is 0 Å². The summed E-state index contributed by atoms with van der Waals surface area (Å²) in [6.45, 7) is 7.83. The van der Waals surface area contributed by atoms with Crippen molar-refractivity contribution in [1.82, 2.24) is 10.2 Å². The van der Waals surface area contributed by atoms with Crippen LogP contribution in [0, 0.1) is 19.7 Å². The lowest BCUT2D eigenvalue weighted by molar-refractivity contribution is -0.142. The lowest BCUT2D eigenvalue weighted by atomic mass is 10.1. The van der Waals surface area contributed by atoms with Gasteiger partial charge >= 0.3 is 0 Å². The lowest BCUT2D eigenvalue weighted by Crippen LogP contribution is -2.49. The molecule has 0 heterocycles. The highest BCUT2D eigenvalue weighted by Crippen LogP contribution is 2.19. The highest BCUT2D eigenvalue weighted by molar-refractivity contribution is 5.87. The minimum atomic E-state index is -0.681. The van der Waals surface area contributed by atoms with E-state index in [4.69, 9.17) is 4.74 Å². The number of halogens is 1. The number of benzene rings is 2. The second kappa shape index (κ2) is 9.88. The lowest BCUT2D eigenvalue weighted by Gasteiger charge is -2.28. The van der Waals surface area contributed by atoms with Crippen LogP contribution in [0.1, 0.15) is 30.5 Å². The summed E-state index contributed by atoms with van der Waals surface area (Å²) in [5.74, 6) is -0.272. The Morgan fingerprint density at radius 2 is 1.82 bits per heavy atom. The molecule has 0 saturated heterocycles. The zero-order valence-electron chi connectivity index (χ0n) is 16.8. The summed E-state index contributed by atoms with van der Waals surface area (Å²) >= 11 is 0. The fourth-order valence-electron chi connectivity index (χ4n) is 2.78. The first-order chi connectivity index (χ1) is 13.3. The summed E-state index contributed by atoms with van der Waals surface area (Å²) in [6, 6.07) is 11.0. The number of nitrogens with zero attached hydrogens (tertiary/aromatic N) is 1. The Balaban J connectivity index is 2.16. The summed E-state index contributed by atoms with van der Waals surface area (Å²) in [5.41, 5.74) is 2.70. The average molecular weight is 386 g/mol. The van der Waals surface area contributed by atoms with Crippen LogP contribution >= 0.6 is 0 Å². The zero-order chi connectivity index (χ0) is 20.7. The molecule has 0 aliphatic rings. The Labute approximate surface area is 165 Å². The third-order valence-corrected chi connectivity index (χ3v) is 4.48. The van der Waals surface area contributed by atoms with Gasteiger partial charge < -0.3 is 15.0 Å². The van der Waals surface area contributed by atoms with E-state index in [2.05, 4.69) is 5.32 Å².